The molecule has 2 N–H and O–H groups in total. The number of anilines is 1. The topological polar surface area (TPSA) is 87.3 Å². The second-order valence-corrected chi connectivity index (χ2v) is 11.2. The van der Waals surface area contributed by atoms with Crippen LogP contribution >= 0.6 is 0 Å². The Labute approximate surface area is 136 Å². The molecule has 0 spiro atoms. The van der Waals surface area contributed by atoms with Crippen molar-refractivity contribution in [1.29, 1.82) is 0 Å². The Balaban J connectivity index is 2.52. The lowest BCUT2D eigenvalue weighted by Crippen LogP contribution is -2.37. The fourth-order valence-electron chi connectivity index (χ4n) is 2.15. The van der Waals surface area contributed by atoms with Crippen molar-refractivity contribution in [3.8, 4) is 17.1 Å². The average Bonchev–Trinajstić information content (AvgIpc) is 2.52. The minimum absolute atomic E-state index is 0.0202. The van der Waals surface area contributed by atoms with E-state index in [1.807, 2.05) is 12.1 Å². The number of ether oxygens (including phenoxy) is 2. The molecule has 7 heteroatoms. The molecular weight excluding hydrogens is 310 g/mol. The minimum atomic E-state index is -1.38. The number of nitrogens with two attached hydrogens (primary N) is 1. The number of nitrogens with zero attached hydrogens (tertiary/aromatic N) is 2. The van der Waals surface area contributed by atoms with Gasteiger partial charge in [-0.25, -0.2) is 14.8 Å². The highest BCUT2D eigenvalue weighted by molar-refractivity contribution is 6.88. The van der Waals surface area contributed by atoms with Crippen molar-refractivity contribution in [2.45, 2.75) is 19.6 Å². The van der Waals surface area contributed by atoms with Gasteiger partial charge in [0.1, 0.15) is 0 Å². The first kappa shape index (κ1) is 16.9. The lowest BCUT2D eigenvalue weighted by Gasteiger charge is -2.16. The molecule has 122 valence electrons. The third-order valence-corrected chi connectivity index (χ3v) is 5.55. The highest BCUT2D eigenvalue weighted by atomic mass is 28.3. The zero-order valence-electron chi connectivity index (χ0n) is 14.0. The molecule has 0 fully saturated rings. The van der Waals surface area contributed by atoms with Gasteiger partial charge in [-0.15, -0.1) is 0 Å². The van der Waals surface area contributed by atoms with Gasteiger partial charge in [0, 0.05) is 5.56 Å². The highest BCUT2D eigenvalue weighted by Crippen LogP contribution is 2.27. The van der Waals surface area contributed by atoms with E-state index >= 15 is 0 Å². The van der Waals surface area contributed by atoms with E-state index in [0.717, 1.165) is 5.56 Å². The molecule has 0 amide bonds. The maximum Gasteiger partial charge on any atom is 0.360 e. The second kappa shape index (κ2) is 6.37. The summed E-state index contributed by atoms with van der Waals surface area (Å²) < 4.78 is 9.84. The quantitative estimate of drug-likeness (QED) is 0.681. The molecule has 0 radical (unpaired) electrons. The number of esters is 1. The summed E-state index contributed by atoms with van der Waals surface area (Å²) in [5.74, 6) is -0.0202. The number of aromatic nitrogens is 2. The Kier molecular flexibility index (Phi) is 4.70. The van der Waals surface area contributed by atoms with E-state index in [4.69, 9.17) is 15.2 Å². The van der Waals surface area contributed by atoms with Crippen molar-refractivity contribution < 1.29 is 14.3 Å². The lowest BCUT2D eigenvalue weighted by molar-refractivity contribution is 0.0590. The second-order valence-electron chi connectivity index (χ2n) is 6.13. The fourth-order valence-corrected chi connectivity index (χ4v) is 3.32. The van der Waals surface area contributed by atoms with Gasteiger partial charge in [0.2, 0.25) is 0 Å². The molecule has 6 nitrogen and oxygen atoms in total. The molecule has 1 aromatic carbocycles. The summed E-state index contributed by atoms with van der Waals surface area (Å²) in [6.45, 7) is 6.83. The molecule has 2 rings (SSSR count). The predicted octanol–water partition coefficient (Wildman–Crippen LogP) is 2.07. The first-order valence-electron chi connectivity index (χ1n) is 7.18. The van der Waals surface area contributed by atoms with Gasteiger partial charge in [-0.1, -0.05) is 49.1 Å². The van der Waals surface area contributed by atoms with Gasteiger partial charge < -0.3 is 15.2 Å². The first-order valence-corrected chi connectivity index (χ1v) is 10.7. The van der Waals surface area contributed by atoms with E-state index in [1.165, 1.54) is 19.4 Å². The van der Waals surface area contributed by atoms with Crippen LogP contribution in [0.2, 0.25) is 19.6 Å². The Morgan fingerprint density at radius 1 is 1.09 bits per heavy atom. The van der Waals surface area contributed by atoms with Crippen LogP contribution in [0.3, 0.4) is 0 Å². The van der Waals surface area contributed by atoms with Crippen LogP contribution in [0.15, 0.2) is 24.3 Å². The van der Waals surface area contributed by atoms with E-state index in [-0.39, 0.29) is 17.3 Å². The number of methoxy groups -OCH3 is 2. The summed E-state index contributed by atoms with van der Waals surface area (Å²) in [7, 11) is 1.31. The van der Waals surface area contributed by atoms with E-state index in [2.05, 4.69) is 41.7 Å². The third-order valence-electron chi connectivity index (χ3n) is 3.48. The molecule has 0 aliphatic heterocycles. The summed E-state index contributed by atoms with van der Waals surface area (Å²) in [5, 5.41) is 1.33. The van der Waals surface area contributed by atoms with Crippen LogP contribution in [-0.4, -0.2) is 38.2 Å². The summed E-state index contributed by atoms with van der Waals surface area (Å²) >= 11 is 0. The van der Waals surface area contributed by atoms with Crippen molar-refractivity contribution in [3.63, 3.8) is 0 Å². The smallest absolute Gasteiger partial charge is 0.360 e. The molecule has 0 aliphatic carbocycles. The standard InChI is InChI=1S/C16H21N3O3Si/c1-21-13-12(16(20)22-2)18-15(19-14(13)17)10-6-8-11(9-7-10)23(3,4)5/h6-9H,1-5H3,(H2,17,18,19). The Hall–Kier alpha value is -2.41. The molecule has 0 aliphatic rings. The summed E-state index contributed by atoms with van der Waals surface area (Å²) in [6.07, 6.45) is 0. The van der Waals surface area contributed by atoms with Crippen LogP contribution in [0.4, 0.5) is 5.82 Å². The van der Waals surface area contributed by atoms with Gasteiger partial charge >= 0.3 is 5.97 Å². The maximum absolute atomic E-state index is 11.9. The Morgan fingerprint density at radius 2 is 1.70 bits per heavy atom. The van der Waals surface area contributed by atoms with E-state index in [9.17, 15) is 4.79 Å². The summed E-state index contributed by atoms with van der Waals surface area (Å²) in [6, 6.07) is 8.03. The molecular formula is C16H21N3O3Si. The molecule has 0 saturated heterocycles. The van der Waals surface area contributed by atoms with Crippen LogP contribution < -0.4 is 15.7 Å². The largest absolute Gasteiger partial charge is 0.491 e. The number of benzene rings is 1. The number of nitrogen functional groups attached to an aromatic ring is 1. The molecule has 2 aromatic rings. The van der Waals surface area contributed by atoms with E-state index in [0.29, 0.717) is 5.82 Å². The van der Waals surface area contributed by atoms with Crippen molar-refractivity contribution >= 4 is 25.0 Å². The van der Waals surface area contributed by atoms with Crippen molar-refractivity contribution in [1.82, 2.24) is 9.97 Å². The van der Waals surface area contributed by atoms with Crippen molar-refractivity contribution in [2.24, 2.45) is 0 Å². The SMILES string of the molecule is COC(=O)c1nc(-c2ccc([Si](C)(C)C)cc2)nc(N)c1OC. The predicted molar refractivity (Wildman–Crippen MR) is 92.8 cm³/mol. The zero-order chi connectivity index (χ0) is 17.2. The molecule has 1 aromatic heterocycles. The summed E-state index contributed by atoms with van der Waals surface area (Å²) in [4.78, 5) is 20.4. The molecule has 0 atom stereocenters. The number of hydrogen-bond donors (Lipinski definition) is 1. The average molecular weight is 331 g/mol. The van der Waals surface area contributed by atoms with Crippen LogP contribution in [-0.2, 0) is 4.74 Å². The van der Waals surface area contributed by atoms with Gasteiger partial charge in [-0.3, -0.25) is 0 Å². The Bertz CT molecular complexity index is 725. The number of carbonyl (C=O) groups excluding carboxylic acids is 1. The van der Waals surface area contributed by atoms with Crippen LogP contribution in [0.1, 0.15) is 10.5 Å². The van der Waals surface area contributed by atoms with Crippen molar-refractivity contribution in [2.75, 3.05) is 20.0 Å². The minimum Gasteiger partial charge on any atom is -0.491 e. The Morgan fingerprint density at radius 3 is 2.17 bits per heavy atom. The highest BCUT2D eigenvalue weighted by Gasteiger charge is 2.21. The van der Waals surface area contributed by atoms with E-state index in [1.54, 1.807) is 0 Å². The van der Waals surface area contributed by atoms with Crippen LogP contribution in [0.25, 0.3) is 11.4 Å². The number of hydrogen-bond acceptors (Lipinski definition) is 6. The number of rotatable bonds is 4. The van der Waals surface area contributed by atoms with Gasteiger partial charge in [-0.05, 0) is 0 Å². The van der Waals surface area contributed by atoms with Gasteiger partial charge in [0.05, 0.1) is 22.3 Å². The van der Waals surface area contributed by atoms with Crippen molar-refractivity contribution in [3.05, 3.63) is 30.0 Å². The fraction of sp³-hybridized carbons (Fsp3) is 0.312. The van der Waals surface area contributed by atoms with Gasteiger partial charge in [0.25, 0.3) is 0 Å². The normalized spacial score (nSPS) is 11.2. The summed E-state index contributed by atoms with van der Waals surface area (Å²) in [5.41, 5.74) is 6.69. The molecule has 1 heterocycles. The lowest BCUT2D eigenvalue weighted by atomic mass is 10.2. The molecule has 0 unspecified atom stereocenters. The first-order chi connectivity index (χ1) is 10.8. The van der Waals surface area contributed by atoms with Gasteiger partial charge in [-0.2, -0.15) is 0 Å². The van der Waals surface area contributed by atoms with Gasteiger partial charge in [0.15, 0.2) is 23.1 Å². The monoisotopic (exact) mass is 331 g/mol. The maximum atomic E-state index is 11.9. The third kappa shape index (κ3) is 3.50. The molecule has 0 bridgehead atoms. The van der Waals surface area contributed by atoms with Crippen LogP contribution in [0.5, 0.6) is 5.75 Å². The molecule has 0 saturated carbocycles. The molecule has 23 heavy (non-hydrogen) atoms. The van der Waals surface area contributed by atoms with Crippen LogP contribution in [0, 0.1) is 0 Å². The number of carbonyl (C=O) groups is 1. The van der Waals surface area contributed by atoms with E-state index < -0.39 is 14.0 Å². The zero-order valence-corrected chi connectivity index (χ0v) is 15.0.